The number of amides is 1. The van der Waals surface area contributed by atoms with E-state index in [2.05, 4.69) is 24.5 Å². The first kappa shape index (κ1) is 20.9. The molecule has 0 radical (unpaired) electrons. The second-order valence-electron chi connectivity index (χ2n) is 6.95. The maximum absolute atomic E-state index is 12.4. The van der Waals surface area contributed by atoms with Gasteiger partial charge in [-0.1, -0.05) is 13.8 Å². The van der Waals surface area contributed by atoms with Crippen LogP contribution in [-0.4, -0.2) is 39.3 Å². The molecule has 0 aliphatic rings. The summed E-state index contributed by atoms with van der Waals surface area (Å²) < 4.78 is 25.3. The third-order valence-electron chi connectivity index (χ3n) is 4.09. The lowest BCUT2D eigenvalue weighted by Crippen LogP contribution is -2.22. The summed E-state index contributed by atoms with van der Waals surface area (Å²) in [5.74, 6) is 0.361. The van der Waals surface area contributed by atoms with E-state index >= 15 is 0 Å². The predicted molar refractivity (Wildman–Crippen MR) is 110 cm³/mol. The zero-order chi connectivity index (χ0) is 20.0. The van der Waals surface area contributed by atoms with Gasteiger partial charge in [0.2, 0.25) is 10.0 Å². The molecule has 0 atom stereocenters. The third kappa shape index (κ3) is 5.80. The quantitative estimate of drug-likeness (QED) is 0.722. The molecule has 0 aromatic heterocycles. The largest absolute Gasteiger partial charge is 0.385 e. The van der Waals surface area contributed by atoms with E-state index in [-0.39, 0.29) is 10.8 Å². The van der Waals surface area contributed by atoms with Gasteiger partial charge in [-0.05, 0) is 60.9 Å². The summed E-state index contributed by atoms with van der Waals surface area (Å²) in [6.45, 7) is 5.27. The molecular formula is C20H27N3O3S. The minimum Gasteiger partial charge on any atom is -0.385 e. The molecular weight excluding hydrogens is 362 g/mol. The average Bonchev–Trinajstić information content (AvgIpc) is 2.63. The first-order valence-corrected chi connectivity index (χ1v) is 10.3. The van der Waals surface area contributed by atoms with E-state index < -0.39 is 10.0 Å². The Morgan fingerprint density at radius 1 is 0.963 bits per heavy atom. The Morgan fingerprint density at radius 2 is 1.52 bits per heavy atom. The monoisotopic (exact) mass is 389 g/mol. The van der Waals surface area contributed by atoms with Gasteiger partial charge in [0.05, 0.1) is 4.90 Å². The molecule has 0 saturated carbocycles. The molecule has 1 amide bonds. The Bertz CT molecular complexity index is 858. The fraction of sp³-hybridized carbons (Fsp3) is 0.350. The number of hydrogen-bond acceptors (Lipinski definition) is 4. The summed E-state index contributed by atoms with van der Waals surface area (Å²) in [4.78, 5) is 12.5. The molecule has 0 unspecified atom stereocenters. The third-order valence-corrected chi connectivity index (χ3v) is 5.92. The summed E-state index contributed by atoms with van der Waals surface area (Å²) in [6.07, 6.45) is 1.10. The van der Waals surface area contributed by atoms with Crippen LogP contribution in [0, 0.1) is 5.92 Å². The van der Waals surface area contributed by atoms with Crippen molar-refractivity contribution in [1.82, 2.24) is 4.31 Å². The van der Waals surface area contributed by atoms with Gasteiger partial charge >= 0.3 is 0 Å². The van der Waals surface area contributed by atoms with E-state index in [4.69, 9.17) is 0 Å². The Kier molecular flexibility index (Phi) is 6.98. The molecule has 0 spiro atoms. The zero-order valence-electron chi connectivity index (χ0n) is 16.2. The van der Waals surface area contributed by atoms with Crippen LogP contribution in [0.25, 0.3) is 0 Å². The second kappa shape index (κ2) is 9.01. The molecule has 2 aromatic carbocycles. The molecule has 146 valence electrons. The lowest BCUT2D eigenvalue weighted by Gasteiger charge is -2.12. The highest BCUT2D eigenvalue weighted by molar-refractivity contribution is 7.89. The summed E-state index contributed by atoms with van der Waals surface area (Å²) >= 11 is 0. The molecule has 0 aliphatic heterocycles. The highest BCUT2D eigenvalue weighted by atomic mass is 32.2. The topological polar surface area (TPSA) is 78.5 Å². The lowest BCUT2D eigenvalue weighted by atomic mass is 10.1. The molecule has 0 bridgehead atoms. The van der Waals surface area contributed by atoms with E-state index in [0.29, 0.717) is 17.2 Å². The maximum Gasteiger partial charge on any atom is 0.255 e. The maximum atomic E-state index is 12.4. The molecule has 7 heteroatoms. The summed E-state index contributed by atoms with van der Waals surface area (Å²) in [5.41, 5.74) is 2.08. The first-order valence-electron chi connectivity index (χ1n) is 8.88. The SMILES string of the molecule is CC(C)CCNc1ccc(NC(=O)c2ccc(S(=O)(=O)N(C)C)cc2)cc1. The summed E-state index contributed by atoms with van der Waals surface area (Å²) in [7, 11) is -0.562. The van der Waals surface area contributed by atoms with Crippen LogP contribution in [0.4, 0.5) is 11.4 Å². The van der Waals surface area contributed by atoms with Gasteiger partial charge in [-0.15, -0.1) is 0 Å². The van der Waals surface area contributed by atoms with Gasteiger partial charge in [0.25, 0.3) is 5.91 Å². The molecule has 0 saturated heterocycles. The number of sulfonamides is 1. The van der Waals surface area contributed by atoms with Crippen molar-refractivity contribution in [3.63, 3.8) is 0 Å². The van der Waals surface area contributed by atoms with Crippen LogP contribution in [0.3, 0.4) is 0 Å². The van der Waals surface area contributed by atoms with Gasteiger partial charge in [0.15, 0.2) is 0 Å². The Balaban J connectivity index is 1.99. The fourth-order valence-corrected chi connectivity index (χ4v) is 3.27. The molecule has 6 nitrogen and oxygen atoms in total. The highest BCUT2D eigenvalue weighted by Crippen LogP contribution is 2.17. The predicted octanol–water partition coefficient (Wildman–Crippen LogP) is 3.65. The normalized spacial score (nSPS) is 11.6. The number of hydrogen-bond donors (Lipinski definition) is 2. The van der Waals surface area contributed by atoms with E-state index in [9.17, 15) is 13.2 Å². The minimum absolute atomic E-state index is 0.154. The molecule has 27 heavy (non-hydrogen) atoms. The minimum atomic E-state index is -3.50. The molecule has 0 heterocycles. The molecule has 2 N–H and O–H groups in total. The van der Waals surface area contributed by atoms with Gasteiger partial charge in [-0.25, -0.2) is 12.7 Å². The van der Waals surface area contributed by atoms with Crippen molar-refractivity contribution in [1.29, 1.82) is 0 Å². The summed E-state index contributed by atoms with van der Waals surface area (Å²) in [6, 6.07) is 13.4. The van der Waals surface area contributed by atoms with Crippen molar-refractivity contribution in [2.45, 2.75) is 25.2 Å². The van der Waals surface area contributed by atoms with Crippen LogP contribution >= 0.6 is 0 Å². The number of rotatable bonds is 8. The highest BCUT2D eigenvalue weighted by Gasteiger charge is 2.17. The van der Waals surface area contributed by atoms with Gasteiger partial charge in [0.1, 0.15) is 0 Å². The van der Waals surface area contributed by atoms with Crippen LogP contribution in [0.2, 0.25) is 0 Å². The molecule has 2 aromatic rings. The molecule has 2 rings (SSSR count). The lowest BCUT2D eigenvalue weighted by molar-refractivity contribution is 0.102. The number of nitrogens with one attached hydrogen (secondary N) is 2. The van der Waals surface area contributed by atoms with Crippen molar-refractivity contribution in [2.24, 2.45) is 5.92 Å². The van der Waals surface area contributed by atoms with Crippen LogP contribution in [-0.2, 0) is 10.0 Å². The van der Waals surface area contributed by atoms with Crippen molar-refractivity contribution in [2.75, 3.05) is 31.3 Å². The van der Waals surface area contributed by atoms with Crippen LogP contribution in [0.5, 0.6) is 0 Å². The number of nitrogens with zero attached hydrogens (tertiary/aromatic N) is 1. The van der Waals surface area contributed by atoms with E-state index in [1.807, 2.05) is 24.3 Å². The Hall–Kier alpha value is -2.38. The fourth-order valence-electron chi connectivity index (χ4n) is 2.37. The van der Waals surface area contributed by atoms with Gasteiger partial charge in [-0.2, -0.15) is 0 Å². The van der Waals surface area contributed by atoms with Crippen LogP contribution < -0.4 is 10.6 Å². The van der Waals surface area contributed by atoms with Gasteiger partial charge in [-0.3, -0.25) is 4.79 Å². The van der Waals surface area contributed by atoms with E-state index in [1.165, 1.54) is 38.4 Å². The van der Waals surface area contributed by atoms with Crippen molar-refractivity contribution in [3.8, 4) is 0 Å². The van der Waals surface area contributed by atoms with Crippen LogP contribution in [0.1, 0.15) is 30.6 Å². The zero-order valence-corrected chi connectivity index (χ0v) is 17.0. The smallest absolute Gasteiger partial charge is 0.255 e. The summed E-state index contributed by atoms with van der Waals surface area (Å²) in [5, 5.41) is 6.16. The first-order chi connectivity index (χ1) is 12.7. The van der Waals surface area contributed by atoms with Crippen LogP contribution in [0.15, 0.2) is 53.4 Å². The average molecular weight is 390 g/mol. The van der Waals surface area contributed by atoms with Gasteiger partial charge in [0, 0.05) is 37.6 Å². The van der Waals surface area contributed by atoms with E-state index in [1.54, 1.807) is 0 Å². The molecule has 0 fully saturated rings. The Morgan fingerprint density at radius 3 is 2.04 bits per heavy atom. The Labute approximate surface area is 161 Å². The van der Waals surface area contributed by atoms with Crippen molar-refractivity contribution >= 4 is 27.3 Å². The number of carbonyl (C=O) groups excluding carboxylic acids is 1. The number of anilines is 2. The van der Waals surface area contributed by atoms with Crippen molar-refractivity contribution < 1.29 is 13.2 Å². The second-order valence-corrected chi connectivity index (χ2v) is 9.10. The van der Waals surface area contributed by atoms with Crippen molar-refractivity contribution in [3.05, 3.63) is 54.1 Å². The van der Waals surface area contributed by atoms with E-state index in [0.717, 1.165) is 23.0 Å². The van der Waals surface area contributed by atoms with Gasteiger partial charge < -0.3 is 10.6 Å². The number of benzene rings is 2. The standard InChI is InChI=1S/C20H27N3O3S/c1-15(2)13-14-21-17-7-9-18(10-8-17)22-20(24)16-5-11-19(12-6-16)27(25,26)23(3)4/h5-12,15,21H,13-14H2,1-4H3,(H,22,24). The number of carbonyl (C=O) groups is 1. The molecule has 0 aliphatic carbocycles.